The maximum Gasteiger partial charge on any atom is 0.226 e. The molecule has 0 radical (unpaired) electrons. The Balaban J connectivity index is 1.14. The van der Waals surface area contributed by atoms with Crippen molar-refractivity contribution in [2.45, 2.75) is 64.2 Å². The summed E-state index contributed by atoms with van der Waals surface area (Å²) in [5, 5.41) is 5.85. The Morgan fingerprint density at radius 2 is 1.37 bits per heavy atom. The second-order valence-corrected chi connectivity index (χ2v) is 9.39. The Morgan fingerprint density at radius 1 is 0.815 bits per heavy atom. The lowest BCUT2D eigenvalue weighted by atomic mass is 9.49. The average molecular weight is 376 g/mol. The fourth-order valence-corrected chi connectivity index (χ4v) is 6.39. The van der Waals surface area contributed by atoms with Crippen LogP contribution in [0.2, 0.25) is 0 Å². The summed E-state index contributed by atoms with van der Waals surface area (Å²) in [6, 6.07) is 0. The summed E-state index contributed by atoms with van der Waals surface area (Å²) in [4.78, 5) is 38.6. The first kappa shape index (κ1) is 18.8. The summed E-state index contributed by atoms with van der Waals surface area (Å²) in [5.74, 6) is 2.46. The third kappa shape index (κ3) is 4.14. The van der Waals surface area contributed by atoms with Crippen molar-refractivity contribution in [3.8, 4) is 0 Å². The van der Waals surface area contributed by atoms with Gasteiger partial charge in [-0.25, -0.2) is 0 Å². The van der Waals surface area contributed by atoms with Crippen molar-refractivity contribution >= 4 is 17.7 Å². The van der Waals surface area contributed by atoms with Gasteiger partial charge in [0.15, 0.2) is 0 Å². The predicted molar refractivity (Wildman–Crippen MR) is 102 cm³/mol. The molecule has 6 nitrogen and oxygen atoms in total. The van der Waals surface area contributed by atoms with E-state index in [0.29, 0.717) is 19.5 Å². The van der Waals surface area contributed by atoms with Crippen molar-refractivity contribution in [2.24, 2.45) is 23.2 Å². The summed E-state index contributed by atoms with van der Waals surface area (Å²) in [6.07, 6.45) is 9.95. The van der Waals surface area contributed by atoms with E-state index in [-0.39, 0.29) is 29.6 Å². The summed E-state index contributed by atoms with van der Waals surface area (Å²) in [6.45, 7) is 2.48. The molecule has 5 fully saturated rings. The quantitative estimate of drug-likeness (QED) is 0.713. The van der Waals surface area contributed by atoms with Crippen LogP contribution in [-0.4, -0.2) is 48.8 Å². The first-order chi connectivity index (χ1) is 13.0. The second-order valence-electron chi connectivity index (χ2n) is 9.39. The summed E-state index contributed by atoms with van der Waals surface area (Å²) < 4.78 is 0. The van der Waals surface area contributed by atoms with E-state index in [9.17, 15) is 14.4 Å². The van der Waals surface area contributed by atoms with Gasteiger partial charge in [-0.1, -0.05) is 0 Å². The number of amides is 3. The van der Waals surface area contributed by atoms with E-state index in [0.717, 1.165) is 62.9 Å². The van der Waals surface area contributed by atoms with Crippen LogP contribution in [-0.2, 0) is 14.4 Å². The Labute approximate surface area is 161 Å². The highest BCUT2D eigenvalue weighted by molar-refractivity contribution is 5.84. The van der Waals surface area contributed by atoms with Gasteiger partial charge < -0.3 is 15.5 Å². The number of hydrogen-bond acceptors (Lipinski definition) is 3. The van der Waals surface area contributed by atoms with E-state index in [1.165, 1.54) is 19.3 Å². The van der Waals surface area contributed by atoms with Gasteiger partial charge in [0.1, 0.15) is 0 Å². The summed E-state index contributed by atoms with van der Waals surface area (Å²) in [5.41, 5.74) is -0.145. The highest BCUT2D eigenvalue weighted by Crippen LogP contribution is 2.60. The number of likely N-dealkylation sites (tertiary alicyclic amines) is 1. The zero-order valence-electron chi connectivity index (χ0n) is 16.3. The minimum absolute atomic E-state index is 0.0879. The van der Waals surface area contributed by atoms with Crippen molar-refractivity contribution in [1.29, 1.82) is 0 Å². The fourth-order valence-electron chi connectivity index (χ4n) is 6.39. The first-order valence-electron chi connectivity index (χ1n) is 10.9. The highest BCUT2D eigenvalue weighted by Gasteiger charge is 2.54. The second kappa shape index (κ2) is 7.80. The van der Waals surface area contributed by atoms with Crippen LogP contribution in [0.4, 0.5) is 0 Å². The lowest BCUT2D eigenvalue weighted by Crippen LogP contribution is -2.53. The standard InChI is InChI=1S/C21H33N3O3/c25-18(22-6-4-19(26)24-7-1-2-8-24)3-5-23-20(27)21-12-15-9-16(13-21)11-17(10-15)14-21/h15-17H,1-14H2,(H,22,25)(H,23,27). The molecule has 0 spiro atoms. The normalized spacial score (nSPS) is 33.9. The van der Waals surface area contributed by atoms with Gasteiger partial charge in [-0.2, -0.15) is 0 Å². The van der Waals surface area contributed by atoms with E-state index < -0.39 is 0 Å². The maximum absolute atomic E-state index is 12.8. The molecule has 150 valence electrons. The van der Waals surface area contributed by atoms with Crippen LogP contribution in [0.25, 0.3) is 0 Å². The van der Waals surface area contributed by atoms with Crippen molar-refractivity contribution in [3.05, 3.63) is 0 Å². The fraction of sp³-hybridized carbons (Fsp3) is 0.857. The number of nitrogens with one attached hydrogen (secondary N) is 2. The van der Waals surface area contributed by atoms with Crippen LogP contribution in [0, 0.1) is 23.2 Å². The molecule has 1 saturated heterocycles. The van der Waals surface area contributed by atoms with E-state index >= 15 is 0 Å². The number of rotatable bonds is 7. The Kier molecular flexibility index (Phi) is 5.42. The predicted octanol–water partition coefficient (Wildman–Crippen LogP) is 1.84. The molecule has 0 aromatic carbocycles. The third-order valence-corrected chi connectivity index (χ3v) is 7.28. The van der Waals surface area contributed by atoms with Gasteiger partial charge in [0.2, 0.25) is 17.7 Å². The smallest absolute Gasteiger partial charge is 0.226 e. The van der Waals surface area contributed by atoms with Crippen LogP contribution in [0.3, 0.4) is 0 Å². The van der Waals surface area contributed by atoms with Gasteiger partial charge in [-0.3, -0.25) is 14.4 Å². The molecule has 0 atom stereocenters. The molecule has 0 aromatic rings. The van der Waals surface area contributed by atoms with E-state index in [1.54, 1.807) is 0 Å². The SMILES string of the molecule is O=C(CCNC(=O)C12CC3CC(CC(C3)C1)C2)NCCC(=O)N1CCCC1. The topological polar surface area (TPSA) is 78.5 Å². The van der Waals surface area contributed by atoms with Gasteiger partial charge in [0, 0.05) is 44.4 Å². The van der Waals surface area contributed by atoms with Gasteiger partial charge in [0.25, 0.3) is 0 Å². The number of carbonyl (C=O) groups excluding carboxylic acids is 3. The maximum atomic E-state index is 12.8. The molecule has 5 rings (SSSR count). The van der Waals surface area contributed by atoms with Crippen LogP contribution in [0.5, 0.6) is 0 Å². The van der Waals surface area contributed by atoms with Crippen molar-refractivity contribution in [2.75, 3.05) is 26.2 Å². The van der Waals surface area contributed by atoms with E-state index in [2.05, 4.69) is 10.6 Å². The molecule has 2 N–H and O–H groups in total. The van der Waals surface area contributed by atoms with Crippen LogP contribution in [0.1, 0.15) is 64.2 Å². The van der Waals surface area contributed by atoms with Gasteiger partial charge >= 0.3 is 0 Å². The zero-order valence-corrected chi connectivity index (χ0v) is 16.3. The Hall–Kier alpha value is -1.59. The summed E-state index contributed by atoms with van der Waals surface area (Å²) >= 11 is 0. The molecule has 1 aliphatic heterocycles. The number of carbonyl (C=O) groups is 3. The largest absolute Gasteiger partial charge is 0.356 e. The van der Waals surface area contributed by atoms with Gasteiger partial charge in [-0.05, 0) is 69.1 Å². The molecular weight excluding hydrogens is 342 g/mol. The van der Waals surface area contributed by atoms with Crippen LogP contribution >= 0.6 is 0 Å². The molecule has 3 amide bonds. The minimum atomic E-state index is -0.145. The molecule has 4 aliphatic carbocycles. The molecule has 27 heavy (non-hydrogen) atoms. The molecule has 4 saturated carbocycles. The molecule has 5 aliphatic rings. The molecule has 4 bridgehead atoms. The van der Waals surface area contributed by atoms with Crippen molar-refractivity contribution in [3.63, 3.8) is 0 Å². The van der Waals surface area contributed by atoms with Gasteiger partial charge in [0.05, 0.1) is 0 Å². The van der Waals surface area contributed by atoms with Crippen LogP contribution < -0.4 is 10.6 Å². The molecule has 0 unspecified atom stereocenters. The van der Waals surface area contributed by atoms with E-state index in [4.69, 9.17) is 0 Å². The Morgan fingerprint density at radius 3 is 1.96 bits per heavy atom. The lowest BCUT2D eigenvalue weighted by Gasteiger charge is -2.55. The van der Waals surface area contributed by atoms with E-state index in [1.807, 2.05) is 4.90 Å². The van der Waals surface area contributed by atoms with Crippen LogP contribution in [0.15, 0.2) is 0 Å². The lowest BCUT2D eigenvalue weighted by molar-refractivity contribution is -0.146. The monoisotopic (exact) mass is 375 g/mol. The minimum Gasteiger partial charge on any atom is -0.356 e. The van der Waals surface area contributed by atoms with Crippen molar-refractivity contribution < 1.29 is 14.4 Å². The first-order valence-corrected chi connectivity index (χ1v) is 10.9. The zero-order chi connectivity index (χ0) is 18.9. The summed E-state index contributed by atoms with van der Waals surface area (Å²) in [7, 11) is 0. The number of hydrogen-bond donors (Lipinski definition) is 2. The third-order valence-electron chi connectivity index (χ3n) is 7.28. The molecule has 6 heteroatoms. The number of nitrogens with zero attached hydrogens (tertiary/aromatic N) is 1. The molecular formula is C21H33N3O3. The Bertz CT molecular complexity index is 562. The average Bonchev–Trinajstić information content (AvgIpc) is 3.15. The molecule has 0 aromatic heterocycles. The van der Waals surface area contributed by atoms with Gasteiger partial charge in [-0.15, -0.1) is 0 Å². The molecule has 1 heterocycles. The van der Waals surface area contributed by atoms with Crippen molar-refractivity contribution in [1.82, 2.24) is 15.5 Å². The highest BCUT2D eigenvalue weighted by atomic mass is 16.2.